The topological polar surface area (TPSA) is 65.4 Å². The second-order valence-electron chi connectivity index (χ2n) is 5.08. The fraction of sp³-hybridized carbons (Fsp3) is 0.333. The zero-order chi connectivity index (χ0) is 15.5. The van der Waals surface area contributed by atoms with Crippen molar-refractivity contribution in [1.29, 1.82) is 0 Å². The summed E-state index contributed by atoms with van der Waals surface area (Å²) in [6.07, 6.45) is 3.55. The summed E-state index contributed by atoms with van der Waals surface area (Å²) in [5.41, 5.74) is 0.446. The number of aromatic nitrogens is 2. The van der Waals surface area contributed by atoms with E-state index in [4.69, 9.17) is 21.1 Å². The summed E-state index contributed by atoms with van der Waals surface area (Å²) in [6.45, 7) is 3.42. The van der Waals surface area contributed by atoms with E-state index in [0.717, 1.165) is 0 Å². The molecule has 0 saturated heterocycles. The molecule has 7 heteroatoms. The van der Waals surface area contributed by atoms with Crippen molar-refractivity contribution in [1.82, 2.24) is 15.1 Å². The van der Waals surface area contributed by atoms with Crippen molar-refractivity contribution in [2.75, 3.05) is 13.2 Å². The fourth-order valence-electron chi connectivity index (χ4n) is 2.28. The highest BCUT2D eigenvalue weighted by atomic mass is 35.5. The summed E-state index contributed by atoms with van der Waals surface area (Å²) in [6, 6.07) is 5.01. The summed E-state index contributed by atoms with van der Waals surface area (Å²) in [4.78, 5) is 12.3. The van der Waals surface area contributed by atoms with E-state index < -0.39 is 0 Å². The molecule has 1 aromatic heterocycles. The van der Waals surface area contributed by atoms with Crippen LogP contribution in [-0.4, -0.2) is 34.9 Å². The van der Waals surface area contributed by atoms with Crippen molar-refractivity contribution in [3.8, 4) is 11.5 Å². The van der Waals surface area contributed by atoms with Crippen LogP contribution in [0.2, 0.25) is 5.02 Å². The molecule has 3 rings (SSSR count). The van der Waals surface area contributed by atoms with Crippen LogP contribution in [0.25, 0.3) is 0 Å². The lowest BCUT2D eigenvalue weighted by Gasteiger charge is -2.20. The number of carbonyl (C=O) groups excluding carboxylic acids is 1. The number of fused-ring (bicyclic) bond motifs is 1. The Kier molecular flexibility index (Phi) is 4.20. The average molecular weight is 322 g/mol. The molecule has 1 atom stereocenters. The second kappa shape index (κ2) is 6.27. The van der Waals surface area contributed by atoms with Gasteiger partial charge < -0.3 is 14.8 Å². The lowest BCUT2D eigenvalue weighted by Crippen LogP contribution is -2.35. The largest absolute Gasteiger partial charge is 0.486 e. The maximum absolute atomic E-state index is 12.3. The van der Waals surface area contributed by atoms with Crippen molar-refractivity contribution < 1.29 is 14.3 Å². The van der Waals surface area contributed by atoms with Gasteiger partial charge in [-0.1, -0.05) is 11.6 Å². The molecule has 0 saturated carbocycles. The standard InChI is InChI=1S/C15H16ClN3O3/c1-10(9-19-4-2-3-17-19)18-15(20)11-7-12(16)14-13(8-11)21-5-6-22-14/h2-4,7-8,10H,5-6,9H2,1H3,(H,18,20)/t10-/m1/s1. The van der Waals surface area contributed by atoms with Gasteiger partial charge in [-0.05, 0) is 25.1 Å². The predicted molar refractivity (Wildman–Crippen MR) is 81.6 cm³/mol. The maximum Gasteiger partial charge on any atom is 0.251 e. The number of rotatable bonds is 4. The number of amides is 1. The number of halogens is 1. The first-order valence-corrected chi connectivity index (χ1v) is 7.38. The van der Waals surface area contributed by atoms with Crippen molar-refractivity contribution in [2.45, 2.75) is 19.5 Å². The summed E-state index contributed by atoms with van der Waals surface area (Å²) in [7, 11) is 0. The SMILES string of the molecule is C[C@H](Cn1cccn1)NC(=O)c1cc(Cl)c2c(c1)OCCO2. The first-order chi connectivity index (χ1) is 10.6. The van der Waals surface area contributed by atoms with E-state index >= 15 is 0 Å². The minimum atomic E-state index is -0.210. The van der Waals surface area contributed by atoms with Gasteiger partial charge >= 0.3 is 0 Å². The van der Waals surface area contributed by atoms with E-state index in [2.05, 4.69) is 10.4 Å². The molecule has 22 heavy (non-hydrogen) atoms. The van der Waals surface area contributed by atoms with Crippen LogP contribution in [0, 0.1) is 0 Å². The van der Waals surface area contributed by atoms with E-state index in [1.54, 1.807) is 23.0 Å². The summed E-state index contributed by atoms with van der Waals surface area (Å²) < 4.78 is 12.7. The molecule has 2 heterocycles. The zero-order valence-corrected chi connectivity index (χ0v) is 12.8. The average Bonchev–Trinajstić information content (AvgIpc) is 3.00. The molecule has 2 aromatic rings. The molecule has 0 fully saturated rings. The molecule has 0 radical (unpaired) electrons. The molecule has 1 N–H and O–H groups in total. The monoisotopic (exact) mass is 321 g/mol. The normalized spacial score (nSPS) is 14.5. The fourth-order valence-corrected chi connectivity index (χ4v) is 2.55. The molecule has 1 aromatic carbocycles. The van der Waals surface area contributed by atoms with E-state index in [1.807, 2.05) is 19.2 Å². The molecule has 0 spiro atoms. The molecule has 1 aliphatic heterocycles. The molecule has 0 unspecified atom stereocenters. The van der Waals surface area contributed by atoms with Gasteiger partial charge in [0.2, 0.25) is 0 Å². The first-order valence-electron chi connectivity index (χ1n) is 7.01. The van der Waals surface area contributed by atoms with Gasteiger partial charge in [0.05, 0.1) is 11.6 Å². The number of hydrogen-bond acceptors (Lipinski definition) is 4. The van der Waals surface area contributed by atoms with Crippen molar-refractivity contribution >= 4 is 17.5 Å². The Morgan fingerprint density at radius 2 is 2.27 bits per heavy atom. The molecule has 0 bridgehead atoms. The van der Waals surface area contributed by atoms with Crippen molar-refractivity contribution in [3.63, 3.8) is 0 Å². The number of nitrogens with one attached hydrogen (secondary N) is 1. The smallest absolute Gasteiger partial charge is 0.251 e. The van der Waals surface area contributed by atoms with Crippen molar-refractivity contribution in [2.24, 2.45) is 0 Å². The van der Waals surface area contributed by atoms with Gasteiger partial charge in [-0.25, -0.2) is 0 Å². The van der Waals surface area contributed by atoms with Gasteiger partial charge in [0.15, 0.2) is 11.5 Å². The molecule has 116 valence electrons. The predicted octanol–water partition coefficient (Wildman–Crippen LogP) is 2.13. The zero-order valence-electron chi connectivity index (χ0n) is 12.1. The summed E-state index contributed by atoms with van der Waals surface area (Å²) in [5.74, 6) is 0.788. The minimum Gasteiger partial charge on any atom is -0.486 e. The van der Waals surface area contributed by atoms with Crippen LogP contribution in [0.15, 0.2) is 30.6 Å². The third-order valence-corrected chi connectivity index (χ3v) is 3.54. The Bertz CT molecular complexity index is 673. The number of ether oxygens (including phenoxy) is 2. The lowest BCUT2D eigenvalue weighted by molar-refractivity contribution is 0.0934. The maximum atomic E-state index is 12.3. The second-order valence-corrected chi connectivity index (χ2v) is 5.49. The van der Waals surface area contributed by atoms with Crippen LogP contribution in [0.1, 0.15) is 17.3 Å². The Morgan fingerprint density at radius 3 is 3.05 bits per heavy atom. The van der Waals surface area contributed by atoms with Gasteiger partial charge in [0.1, 0.15) is 13.2 Å². The van der Waals surface area contributed by atoms with Gasteiger partial charge in [-0.2, -0.15) is 5.10 Å². The third-order valence-electron chi connectivity index (χ3n) is 3.26. The van der Waals surface area contributed by atoms with Crippen LogP contribution in [-0.2, 0) is 6.54 Å². The highest BCUT2D eigenvalue weighted by Crippen LogP contribution is 2.38. The van der Waals surface area contributed by atoms with E-state index in [9.17, 15) is 4.79 Å². The van der Waals surface area contributed by atoms with E-state index in [-0.39, 0.29) is 11.9 Å². The van der Waals surface area contributed by atoms with Gasteiger partial charge in [0.25, 0.3) is 5.91 Å². The van der Waals surface area contributed by atoms with Crippen LogP contribution in [0.4, 0.5) is 0 Å². The van der Waals surface area contributed by atoms with Crippen LogP contribution in [0.5, 0.6) is 11.5 Å². The van der Waals surface area contributed by atoms with Crippen LogP contribution in [0.3, 0.4) is 0 Å². The summed E-state index contributed by atoms with van der Waals surface area (Å²) in [5, 5.41) is 7.41. The minimum absolute atomic E-state index is 0.0700. The Balaban J connectivity index is 1.70. The lowest BCUT2D eigenvalue weighted by atomic mass is 10.1. The third kappa shape index (κ3) is 3.17. The molecule has 6 nitrogen and oxygen atoms in total. The number of benzene rings is 1. The quantitative estimate of drug-likeness (QED) is 0.937. The van der Waals surface area contributed by atoms with Crippen molar-refractivity contribution in [3.05, 3.63) is 41.2 Å². The van der Waals surface area contributed by atoms with Crippen LogP contribution < -0.4 is 14.8 Å². The molecular formula is C15H16ClN3O3. The van der Waals surface area contributed by atoms with Gasteiger partial charge in [0, 0.05) is 24.0 Å². The van der Waals surface area contributed by atoms with E-state index in [0.29, 0.717) is 41.8 Å². The molecule has 1 aliphatic rings. The van der Waals surface area contributed by atoms with Gasteiger partial charge in [-0.3, -0.25) is 9.48 Å². The highest BCUT2D eigenvalue weighted by Gasteiger charge is 2.20. The first kappa shape index (κ1) is 14.7. The number of nitrogens with zero attached hydrogens (tertiary/aromatic N) is 2. The Labute approximate surface area is 133 Å². The van der Waals surface area contributed by atoms with Crippen LogP contribution >= 0.6 is 11.6 Å². The molecular weight excluding hydrogens is 306 g/mol. The molecule has 0 aliphatic carbocycles. The van der Waals surface area contributed by atoms with Gasteiger partial charge in [-0.15, -0.1) is 0 Å². The van der Waals surface area contributed by atoms with E-state index in [1.165, 1.54) is 0 Å². The Morgan fingerprint density at radius 1 is 1.45 bits per heavy atom. The molecule has 1 amide bonds. The Hall–Kier alpha value is -2.21. The highest BCUT2D eigenvalue weighted by molar-refractivity contribution is 6.32. The number of carbonyl (C=O) groups is 1. The number of hydrogen-bond donors (Lipinski definition) is 1. The summed E-state index contributed by atoms with van der Waals surface area (Å²) >= 11 is 6.14.